The van der Waals surface area contributed by atoms with Gasteiger partial charge in [0.25, 0.3) is 0 Å². The van der Waals surface area contributed by atoms with Crippen LogP contribution in [-0.2, 0) is 24.3 Å². The summed E-state index contributed by atoms with van der Waals surface area (Å²) in [6, 6.07) is 11.9. The topological polar surface area (TPSA) is 123 Å². The van der Waals surface area contributed by atoms with Gasteiger partial charge in [-0.1, -0.05) is 6.07 Å². The fourth-order valence-corrected chi connectivity index (χ4v) is 4.74. The van der Waals surface area contributed by atoms with E-state index >= 15 is 0 Å². The molecule has 0 aliphatic carbocycles. The summed E-state index contributed by atoms with van der Waals surface area (Å²) in [4.78, 5) is 26.7. The monoisotopic (exact) mass is 503 g/mol. The summed E-state index contributed by atoms with van der Waals surface area (Å²) in [5.74, 6) is 0.668. The van der Waals surface area contributed by atoms with Crippen LogP contribution in [0, 0.1) is 0 Å². The van der Waals surface area contributed by atoms with Crippen LogP contribution in [0.15, 0.2) is 42.5 Å². The van der Waals surface area contributed by atoms with Gasteiger partial charge in [0.1, 0.15) is 0 Å². The quantitative estimate of drug-likeness (QED) is 0.539. The van der Waals surface area contributed by atoms with Crippen molar-refractivity contribution in [2.24, 2.45) is 0 Å². The first kappa shape index (κ1) is 24.8. The molecule has 10 nitrogen and oxygen atoms in total. The van der Waals surface area contributed by atoms with Crippen LogP contribution in [0.25, 0.3) is 0 Å². The lowest BCUT2D eigenvalue weighted by Crippen LogP contribution is -2.34. The molecule has 2 heterocycles. The fourth-order valence-electron chi connectivity index (χ4n) is 4.18. The Morgan fingerprint density at radius 1 is 1.14 bits per heavy atom. The molecule has 1 unspecified atom stereocenters. The minimum absolute atomic E-state index is 0.0746. The second-order valence-electron chi connectivity index (χ2n) is 8.65. The van der Waals surface area contributed by atoms with Crippen molar-refractivity contribution in [1.29, 1.82) is 0 Å². The second kappa shape index (κ2) is 10.5. The molecule has 2 amide bonds. The lowest BCUT2D eigenvalue weighted by Gasteiger charge is -2.19. The number of benzene rings is 2. The van der Waals surface area contributed by atoms with Gasteiger partial charge in [0.15, 0.2) is 17.8 Å². The summed E-state index contributed by atoms with van der Waals surface area (Å²) >= 11 is 0. The average molecular weight is 504 g/mol. The highest BCUT2D eigenvalue weighted by Crippen LogP contribution is 2.36. The van der Waals surface area contributed by atoms with Gasteiger partial charge in [0, 0.05) is 36.7 Å². The minimum atomic E-state index is -3.38. The molecule has 2 fully saturated rings. The van der Waals surface area contributed by atoms with E-state index in [-0.39, 0.29) is 30.6 Å². The first-order valence-corrected chi connectivity index (χ1v) is 13.2. The number of nitrogens with one attached hydrogen (secondary N) is 2. The molecule has 2 N–H and O–H groups in total. The predicted octanol–water partition coefficient (Wildman–Crippen LogP) is 2.54. The Morgan fingerprint density at radius 3 is 2.54 bits per heavy atom. The van der Waals surface area contributed by atoms with Crippen molar-refractivity contribution in [3.63, 3.8) is 0 Å². The van der Waals surface area contributed by atoms with E-state index in [9.17, 15) is 18.0 Å². The van der Waals surface area contributed by atoms with Crippen LogP contribution in [0.5, 0.6) is 11.5 Å². The number of hydrogen-bond acceptors (Lipinski definition) is 7. The molecule has 0 radical (unpaired) electrons. The molecule has 0 saturated carbocycles. The van der Waals surface area contributed by atoms with Crippen molar-refractivity contribution in [3.05, 3.63) is 48.0 Å². The number of rotatable bonds is 9. The third kappa shape index (κ3) is 6.64. The van der Waals surface area contributed by atoms with Gasteiger partial charge in [0.05, 0.1) is 26.5 Å². The summed E-state index contributed by atoms with van der Waals surface area (Å²) in [5.41, 5.74) is 1.83. The molecule has 35 heavy (non-hydrogen) atoms. The van der Waals surface area contributed by atoms with Gasteiger partial charge in [-0.2, -0.15) is 0 Å². The summed E-state index contributed by atoms with van der Waals surface area (Å²) in [6.07, 6.45) is 2.82. The molecule has 188 valence electrons. The Morgan fingerprint density at radius 2 is 1.89 bits per heavy atom. The van der Waals surface area contributed by atoms with Crippen molar-refractivity contribution in [1.82, 2.24) is 4.90 Å². The molecule has 4 rings (SSSR count). The van der Waals surface area contributed by atoms with Gasteiger partial charge in [-0.15, -0.1) is 0 Å². The molecule has 0 spiro atoms. The highest BCUT2D eigenvalue weighted by molar-refractivity contribution is 7.92. The van der Waals surface area contributed by atoms with Gasteiger partial charge in [-0.3, -0.25) is 14.3 Å². The molecule has 0 aromatic heterocycles. The van der Waals surface area contributed by atoms with Gasteiger partial charge in [-0.05, 0) is 48.4 Å². The zero-order valence-electron chi connectivity index (χ0n) is 19.7. The first-order chi connectivity index (χ1) is 16.7. The van der Waals surface area contributed by atoms with Crippen molar-refractivity contribution >= 4 is 33.2 Å². The summed E-state index contributed by atoms with van der Waals surface area (Å²) in [5, 5.41) is 2.74. The molecule has 2 atom stereocenters. The number of amides is 2. The molecular formula is C24H29N3O7S. The van der Waals surface area contributed by atoms with E-state index in [0.717, 1.165) is 24.7 Å². The Kier molecular flexibility index (Phi) is 7.46. The van der Waals surface area contributed by atoms with Crippen molar-refractivity contribution in [2.75, 3.05) is 43.1 Å². The number of carbonyl (C=O) groups excluding carboxylic acids is 2. The van der Waals surface area contributed by atoms with Crippen molar-refractivity contribution in [2.45, 2.75) is 31.5 Å². The Labute approximate surface area is 204 Å². The van der Waals surface area contributed by atoms with E-state index in [1.165, 1.54) is 4.90 Å². The number of hydrogen-bond donors (Lipinski definition) is 2. The van der Waals surface area contributed by atoms with Crippen molar-refractivity contribution < 1.29 is 32.2 Å². The zero-order chi connectivity index (χ0) is 25.0. The van der Waals surface area contributed by atoms with Crippen LogP contribution in [-0.4, -0.2) is 64.5 Å². The molecule has 0 bridgehead atoms. The number of nitrogens with zero attached hydrogens (tertiary/aromatic N) is 1. The van der Waals surface area contributed by atoms with Crippen molar-refractivity contribution in [3.8, 4) is 11.5 Å². The Bertz CT molecular complexity index is 1180. The molecule has 2 aromatic rings. The lowest BCUT2D eigenvalue weighted by atomic mass is 9.98. The van der Waals surface area contributed by atoms with Gasteiger partial charge in [0.2, 0.25) is 21.8 Å². The van der Waals surface area contributed by atoms with E-state index in [1.807, 2.05) is 18.2 Å². The SMILES string of the molecule is COc1ccc([C@@H]2CC(=O)N(CC(=O)Nc3ccc(NS(C)(=O)=O)cc3)C2)cc1OC1CCCO1. The predicted molar refractivity (Wildman–Crippen MR) is 130 cm³/mol. The average Bonchev–Trinajstić information content (AvgIpc) is 3.44. The van der Waals surface area contributed by atoms with E-state index in [1.54, 1.807) is 31.4 Å². The third-order valence-corrected chi connectivity index (χ3v) is 6.43. The standard InChI is InChI=1S/C24H29N3O7S/c1-32-20-10-5-16(12-21(20)34-24-4-3-11-33-24)17-13-23(29)27(14-17)15-22(28)25-18-6-8-19(9-7-18)26-35(2,30)31/h5-10,12,17,24,26H,3-4,11,13-15H2,1-2H3,(H,25,28)/t17-,24?/m1/s1. The van der Waals surface area contributed by atoms with E-state index < -0.39 is 10.0 Å². The number of methoxy groups -OCH3 is 1. The maximum absolute atomic E-state index is 12.6. The van der Waals surface area contributed by atoms with Crippen LogP contribution in [0.1, 0.15) is 30.7 Å². The van der Waals surface area contributed by atoms with Crippen LogP contribution in [0.3, 0.4) is 0 Å². The molecule has 2 aromatic carbocycles. The second-order valence-corrected chi connectivity index (χ2v) is 10.4. The number of ether oxygens (including phenoxy) is 3. The number of likely N-dealkylation sites (tertiary alicyclic amines) is 1. The van der Waals surface area contributed by atoms with Crippen LogP contribution in [0.4, 0.5) is 11.4 Å². The molecule has 2 saturated heterocycles. The summed E-state index contributed by atoms with van der Waals surface area (Å²) < 4.78 is 41.9. The Balaban J connectivity index is 1.36. The summed E-state index contributed by atoms with van der Waals surface area (Å²) in [6.45, 7) is 1.01. The Hall–Kier alpha value is -3.31. The molecule has 11 heteroatoms. The lowest BCUT2D eigenvalue weighted by molar-refractivity contribution is -0.131. The maximum Gasteiger partial charge on any atom is 0.243 e. The van der Waals surface area contributed by atoms with Crippen LogP contribution >= 0.6 is 0 Å². The van der Waals surface area contributed by atoms with Crippen LogP contribution in [0.2, 0.25) is 0 Å². The van der Waals surface area contributed by atoms with E-state index in [4.69, 9.17) is 14.2 Å². The van der Waals surface area contributed by atoms with E-state index in [0.29, 0.717) is 42.4 Å². The first-order valence-electron chi connectivity index (χ1n) is 11.3. The van der Waals surface area contributed by atoms with Crippen LogP contribution < -0.4 is 19.5 Å². The fraction of sp³-hybridized carbons (Fsp3) is 0.417. The smallest absolute Gasteiger partial charge is 0.243 e. The number of sulfonamides is 1. The number of anilines is 2. The highest BCUT2D eigenvalue weighted by Gasteiger charge is 2.32. The molecule has 2 aliphatic heterocycles. The number of carbonyl (C=O) groups is 2. The molecule has 2 aliphatic rings. The van der Waals surface area contributed by atoms with Gasteiger partial charge in [-0.25, -0.2) is 8.42 Å². The summed E-state index contributed by atoms with van der Waals surface area (Å²) in [7, 11) is -1.80. The maximum atomic E-state index is 12.6. The van der Waals surface area contributed by atoms with E-state index in [2.05, 4.69) is 10.0 Å². The third-order valence-electron chi connectivity index (χ3n) is 5.83. The zero-order valence-corrected chi connectivity index (χ0v) is 20.5. The largest absolute Gasteiger partial charge is 0.493 e. The minimum Gasteiger partial charge on any atom is -0.493 e. The van der Waals surface area contributed by atoms with Gasteiger partial charge < -0.3 is 24.4 Å². The highest BCUT2D eigenvalue weighted by atomic mass is 32.2. The van der Waals surface area contributed by atoms with Gasteiger partial charge >= 0.3 is 0 Å². The molecular weight excluding hydrogens is 474 g/mol. The normalized spacial score (nSPS) is 20.1.